The molecule has 0 unspecified atom stereocenters. The first kappa shape index (κ1) is 15.1. The zero-order valence-electron chi connectivity index (χ0n) is 11.9. The Kier molecular flexibility index (Phi) is 3.67. The summed E-state index contributed by atoms with van der Waals surface area (Å²) in [5.74, 6) is 0.884. The van der Waals surface area contributed by atoms with Gasteiger partial charge in [0.25, 0.3) is 0 Å². The van der Waals surface area contributed by atoms with E-state index >= 15 is 0 Å². The quantitative estimate of drug-likeness (QED) is 0.537. The standard InChI is InChI=1S/C14H19IO3S/c1-8-9(2)13(19(15,16)17)10(3)11-6-7-14(4,5)18-12(8)11/h6-7H2,1-5H3. The highest BCUT2D eigenvalue weighted by atomic mass is 127. The molecule has 0 atom stereocenters. The summed E-state index contributed by atoms with van der Waals surface area (Å²) >= 11 is 1.52. The lowest BCUT2D eigenvalue weighted by molar-refractivity contribution is 0.0832. The molecule has 0 saturated heterocycles. The van der Waals surface area contributed by atoms with Crippen LogP contribution in [0.2, 0.25) is 0 Å². The maximum atomic E-state index is 12.0. The second-order valence-corrected chi connectivity index (χ2v) is 10.6. The Hall–Kier alpha value is -0.300. The van der Waals surface area contributed by atoms with Crippen molar-refractivity contribution < 1.29 is 13.2 Å². The second-order valence-electron chi connectivity index (χ2n) is 5.81. The molecule has 19 heavy (non-hydrogen) atoms. The third kappa shape index (κ3) is 2.63. The molecular formula is C14H19IO3S. The van der Waals surface area contributed by atoms with Crippen molar-refractivity contribution in [3.8, 4) is 5.75 Å². The highest BCUT2D eigenvalue weighted by molar-refractivity contribution is 14.2. The summed E-state index contributed by atoms with van der Waals surface area (Å²) in [6, 6.07) is 0. The summed E-state index contributed by atoms with van der Waals surface area (Å²) in [5, 5.41) is 0. The van der Waals surface area contributed by atoms with Gasteiger partial charge < -0.3 is 4.74 Å². The van der Waals surface area contributed by atoms with Crippen LogP contribution in [0.5, 0.6) is 5.75 Å². The Bertz CT molecular complexity index is 645. The van der Waals surface area contributed by atoms with Crippen molar-refractivity contribution in [1.82, 2.24) is 0 Å². The van der Waals surface area contributed by atoms with E-state index in [0.717, 1.165) is 40.8 Å². The zero-order chi connectivity index (χ0) is 14.6. The molecule has 0 spiro atoms. The fraction of sp³-hybridized carbons (Fsp3) is 0.571. The molecule has 0 bridgehead atoms. The Morgan fingerprint density at radius 3 is 2.21 bits per heavy atom. The van der Waals surface area contributed by atoms with Crippen LogP contribution >= 0.6 is 21.2 Å². The van der Waals surface area contributed by atoms with Gasteiger partial charge in [0.2, 0.25) is 7.01 Å². The van der Waals surface area contributed by atoms with E-state index in [4.69, 9.17) is 4.74 Å². The van der Waals surface area contributed by atoms with Gasteiger partial charge in [-0.05, 0) is 69.7 Å². The van der Waals surface area contributed by atoms with Gasteiger partial charge in [-0.2, -0.15) is 0 Å². The third-order valence-electron chi connectivity index (χ3n) is 3.91. The summed E-state index contributed by atoms with van der Waals surface area (Å²) in [6.45, 7) is 9.84. The van der Waals surface area contributed by atoms with Crippen LogP contribution in [-0.4, -0.2) is 14.0 Å². The van der Waals surface area contributed by atoms with Crippen LogP contribution in [-0.2, 0) is 13.4 Å². The van der Waals surface area contributed by atoms with Crippen molar-refractivity contribution in [2.45, 2.75) is 58.0 Å². The molecule has 0 saturated carbocycles. The van der Waals surface area contributed by atoms with E-state index in [1.807, 2.05) is 20.8 Å². The van der Waals surface area contributed by atoms with Crippen molar-refractivity contribution in [3.63, 3.8) is 0 Å². The van der Waals surface area contributed by atoms with Crippen molar-refractivity contribution in [3.05, 3.63) is 22.3 Å². The lowest BCUT2D eigenvalue weighted by atomic mass is 9.88. The molecule has 5 heteroatoms. The lowest BCUT2D eigenvalue weighted by Crippen LogP contribution is -2.33. The van der Waals surface area contributed by atoms with Crippen molar-refractivity contribution >= 4 is 28.2 Å². The molecular weight excluding hydrogens is 375 g/mol. The minimum Gasteiger partial charge on any atom is -0.487 e. The number of ether oxygens (including phenoxy) is 1. The van der Waals surface area contributed by atoms with E-state index in [1.165, 1.54) is 21.2 Å². The largest absolute Gasteiger partial charge is 0.487 e. The first-order chi connectivity index (χ1) is 8.54. The van der Waals surface area contributed by atoms with E-state index in [1.54, 1.807) is 0 Å². The van der Waals surface area contributed by atoms with Crippen LogP contribution < -0.4 is 4.74 Å². The number of halogens is 1. The van der Waals surface area contributed by atoms with Crippen LogP contribution in [0.3, 0.4) is 0 Å². The Morgan fingerprint density at radius 1 is 1.11 bits per heavy atom. The molecule has 106 valence electrons. The molecule has 1 aromatic carbocycles. The molecule has 1 aliphatic heterocycles. The summed E-state index contributed by atoms with van der Waals surface area (Å²) in [4.78, 5) is 0.465. The summed E-state index contributed by atoms with van der Waals surface area (Å²) in [5.41, 5.74) is 3.48. The van der Waals surface area contributed by atoms with Gasteiger partial charge in [0.1, 0.15) is 11.4 Å². The minimum absolute atomic E-state index is 0.179. The first-order valence-corrected chi connectivity index (χ1v) is 10.3. The number of benzene rings is 1. The number of fused-ring (bicyclic) bond motifs is 1. The topological polar surface area (TPSA) is 43.4 Å². The smallest absolute Gasteiger partial charge is 0.231 e. The Labute approximate surface area is 127 Å². The van der Waals surface area contributed by atoms with E-state index in [0.29, 0.717) is 4.90 Å². The van der Waals surface area contributed by atoms with Gasteiger partial charge in [0.15, 0.2) is 0 Å². The molecule has 0 fully saturated rings. The molecule has 1 heterocycles. The molecule has 1 aromatic rings. The van der Waals surface area contributed by atoms with Crippen LogP contribution in [0.15, 0.2) is 4.90 Å². The highest BCUT2D eigenvalue weighted by Gasteiger charge is 2.32. The van der Waals surface area contributed by atoms with Gasteiger partial charge in [-0.3, -0.25) is 0 Å². The average molecular weight is 394 g/mol. The molecule has 0 aromatic heterocycles. The van der Waals surface area contributed by atoms with Crippen molar-refractivity contribution in [1.29, 1.82) is 0 Å². The third-order valence-corrected chi connectivity index (χ3v) is 6.33. The van der Waals surface area contributed by atoms with E-state index in [9.17, 15) is 8.42 Å². The fourth-order valence-corrected chi connectivity index (χ4v) is 5.70. The normalized spacial score (nSPS) is 17.8. The van der Waals surface area contributed by atoms with Gasteiger partial charge in [-0.15, -0.1) is 0 Å². The van der Waals surface area contributed by atoms with Gasteiger partial charge in [-0.25, -0.2) is 8.42 Å². The fourth-order valence-electron chi connectivity index (χ4n) is 2.71. The van der Waals surface area contributed by atoms with E-state index < -0.39 is 7.01 Å². The summed E-state index contributed by atoms with van der Waals surface area (Å²) in [7, 11) is -3.23. The van der Waals surface area contributed by atoms with Gasteiger partial charge in [0.05, 0.1) is 26.1 Å². The molecule has 2 rings (SSSR count). The van der Waals surface area contributed by atoms with Crippen LogP contribution in [0.4, 0.5) is 0 Å². The minimum atomic E-state index is -3.23. The van der Waals surface area contributed by atoms with Gasteiger partial charge in [-0.1, -0.05) is 0 Å². The monoisotopic (exact) mass is 394 g/mol. The number of hydrogen-bond donors (Lipinski definition) is 0. The van der Waals surface area contributed by atoms with Crippen LogP contribution in [0.1, 0.15) is 42.5 Å². The first-order valence-electron chi connectivity index (χ1n) is 6.31. The summed E-state index contributed by atoms with van der Waals surface area (Å²) in [6.07, 6.45) is 1.78. The zero-order valence-corrected chi connectivity index (χ0v) is 14.9. The van der Waals surface area contributed by atoms with Crippen molar-refractivity contribution in [2.24, 2.45) is 0 Å². The molecule has 0 amide bonds. The van der Waals surface area contributed by atoms with Gasteiger partial charge in [0, 0.05) is 0 Å². The predicted octanol–water partition coefficient (Wildman–Crippen LogP) is 3.84. The maximum absolute atomic E-state index is 12.0. The highest BCUT2D eigenvalue weighted by Crippen LogP contribution is 2.42. The van der Waals surface area contributed by atoms with Gasteiger partial charge >= 0.3 is 0 Å². The molecule has 0 aliphatic carbocycles. The average Bonchev–Trinajstić information content (AvgIpc) is 2.23. The van der Waals surface area contributed by atoms with Crippen molar-refractivity contribution in [2.75, 3.05) is 0 Å². The number of hydrogen-bond acceptors (Lipinski definition) is 3. The molecule has 3 nitrogen and oxygen atoms in total. The Morgan fingerprint density at radius 2 is 1.68 bits per heavy atom. The predicted molar refractivity (Wildman–Crippen MR) is 84.9 cm³/mol. The maximum Gasteiger partial charge on any atom is 0.231 e. The molecule has 0 radical (unpaired) electrons. The lowest BCUT2D eigenvalue weighted by Gasteiger charge is -2.35. The summed E-state index contributed by atoms with van der Waals surface area (Å²) < 4.78 is 30.1. The molecule has 1 aliphatic rings. The van der Waals surface area contributed by atoms with Crippen LogP contribution in [0, 0.1) is 20.8 Å². The second kappa shape index (κ2) is 4.62. The van der Waals surface area contributed by atoms with E-state index in [-0.39, 0.29) is 5.60 Å². The van der Waals surface area contributed by atoms with Crippen LogP contribution in [0.25, 0.3) is 0 Å². The Balaban J connectivity index is 2.78. The molecule has 0 N–H and O–H groups in total. The SMILES string of the molecule is Cc1c(C)c(S(=O)(=O)I)c(C)c2c1OC(C)(C)CC2. The number of rotatable bonds is 1. The van der Waals surface area contributed by atoms with E-state index in [2.05, 4.69) is 13.8 Å².